The van der Waals surface area contributed by atoms with Gasteiger partial charge in [0.25, 0.3) is 0 Å². The van der Waals surface area contributed by atoms with Gasteiger partial charge in [-0.3, -0.25) is 0 Å². The molecule has 0 aliphatic rings. The van der Waals surface area contributed by atoms with Crippen molar-refractivity contribution in [1.29, 1.82) is 0 Å². The molecule has 94 valence electrons. The molecule has 3 heteroatoms. The van der Waals surface area contributed by atoms with Crippen LogP contribution in [0, 0.1) is 13.8 Å². The van der Waals surface area contributed by atoms with E-state index in [1.54, 1.807) is 0 Å². The number of alkyl halides is 1. The van der Waals surface area contributed by atoms with Crippen LogP contribution in [0.15, 0.2) is 40.9 Å². The summed E-state index contributed by atoms with van der Waals surface area (Å²) < 4.78 is 1.10. The molecule has 0 bridgehead atoms. The zero-order chi connectivity index (χ0) is 13.3. The molecule has 2 aromatic carbocycles. The highest BCUT2D eigenvalue weighted by atomic mass is 79.9. The molecule has 0 amide bonds. The second-order valence-electron chi connectivity index (χ2n) is 4.34. The predicted molar refractivity (Wildman–Crippen MR) is 82.8 cm³/mol. The van der Waals surface area contributed by atoms with Crippen LogP contribution >= 0.6 is 39.1 Å². The van der Waals surface area contributed by atoms with Crippen LogP contribution in [-0.2, 0) is 0 Å². The van der Waals surface area contributed by atoms with Crippen molar-refractivity contribution in [1.82, 2.24) is 0 Å². The Labute approximate surface area is 126 Å². The predicted octanol–water partition coefficient (Wildman–Crippen LogP) is 6.05. The summed E-state index contributed by atoms with van der Waals surface area (Å²) in [5.74, 6) is 0. The van der Waals surface area contributed by atoms with Crippen LogP contribution in [0.4, 0.5) is 0 Å². The molecule has 0 saturated heterocycles. The minimum absolute atomic E-state index is 0.217. The molecule has 0 N–H and O–H groups in total. The van der Waals surface area contributed by atoms with E-state index < -0.39 is 0 Å². The van der Waals surface area contributed by atoms with Crippen LogP contribution in [0.3, 0.4) is 0 Å². The first-order valence-electron chi connectivity index (χ1n) is 5.66. The lowest BCUT2D eigenvalue weighted by Gasteiger charge is -2.16. The maximum absolute atomic E-state index is 6.57. The lowest BCUT2D eigenvalue weighted by molar-refractivity contribution is 1.10. The van der Waals surface area contributed by atoms with E-state index in [0.29, 0.717) is 5.02 Å². The van der Waals surface area contributed by atoms with Gasteiger partial charge in [-0.1, -0.05) is 51.8 Å². The Bertz CT molecular complexity index is 579. The Morgan fingerprint density at radius 2 is 1.67 bits per heavy atom. The minimum Gasteiger partial charge on any atom is -0.113 e. The van der Waals surface area contributed by atoms with Gasteiger partial charge < -0.3 is 0 Å². The third-order valence-electron chi connectivity index (χ3n) is 3.00. The Hall–Kier alpha value is -0.500. The zero-order valence-electron chi connectivity index (χ0n) is 10.2. The van der Waals surface area contributed by atoms with Crippen molar-refractivity contribution in [2.45, 2.75) is 19.2 Å². The van der Waals surface area contributed by atoms with Crippen molar-refractivity contribution in [2.24, 2.45) is 0 Å². The second-order valence-corrected chi connectivity index (χ2v) is 6.04. The normalized spacial score (nSPS) is 12.5. The molecular weight excluding hydrogens is 331 g/mol. The molecule has 0 spiro atoms. The van der Waals surface area contributed by atoms with E-state index in [0.717, 1.165) is 21.2 Å². The van der Waals surface area contributed by atoms with E-state index in [2.05, 4.69) is 41.9 Å². The third kappa shape index (κ3) is 2.74. The first-order valence-corrected chi connectivity index (χ1v) is 7.26. The highest BCUT2D eigenvalue weighted by molar-refractivity contribution is 9.10. The number of hydrogen-bond donors (Lipinski definition) is 0. The molecular formula is C15H13BrCl2. The van der Waals surface area contributed by atoms with Crippen LogP contribution in [0.2, 0.25) is 5.02 Å². The van der Waals surface area contributed by atoms with Gasteiger partial charge in [0.15, 0.2) is 0 Å². The SMILES string of the molecule is Cc1cc(C(Cl)c2ccccc2Cl)c(C)cc1Br. The third-order valence-corrected chi connectivity index (χ3v) is 4.67. The molecule has 0 aromatic heterocycles. The van der Waals surface area contributed by atoms with Crippen LogP contribution in [0.1, 0.15) is 27.6 Å². The first-order chi connectivity index (χ1) is 8.50. The van der Waals surface area contributed by atoms with E-state index >= 15 is 0 Å². The van der Waals surface area contributed by atoms with Crippen LogP contribution in [-0.4, -0.2) is 0 Å². The molecule has 0 saturated carbocycles. The van der Waals surface area contributed by atoms with Gasteiger partial charge in [0.05, 0.1) is 5.38 Å². The van der Waals surface area contributed by atoms with E-state index in [-0.39, 0.29) is 5.38 Å². The fraction of sp³-hybridized carbons (Fsp3) is 0.200. The van der Waals surface area contributed by atoms with Crippen molar-refractivity contribution < 1.29 is 0 Å². The van der Waals surface area contributed by atoms with Gasteiger partial charge in [0.2, 0.25) is 0 Å². The maximum atomic E-state index is 6.57. The Morgan fingerprint density at radius 1 is 1.00 bits per heavy atom. The molecule has 2 aromatic rings. The summed E-state index contributed by atoms with van der Waals surface area (Å²) >= 11 is 16.3. The Morgan fingerprint density at radius 3 is 2.33 bits per heavy atom. The number of aryl methyl sites for hydroxylation is 2. The topological polar surface area (TPSA) is 0 Å². The van der Waals surface area contributed by atoms with Crippen molar-refractivity contribution in [3.8, 4) is 0 Å². The van der Waals surface area contributed by atoms with E-state index in [4.69, 9.17) is 23.2 Å². The number of benzene rings is 2. The summed E-state index contributed by atoms with van der Waals surface area (Å²) in [4.78, 5) is 0. The smallest absolute Gasteiger partial charge is 0.0852 e. The monoisotopic (exact) mass is 342 g/mol. The van der Waals surface area contributed by atoms with Crippen LogP contribution < -0.4 is 0 Å². The summed E-state index contributed by atoms with van der Waals surface area (Å²) in [6, 6.07) is 11.9. The van der Waals surface area contributed by atoms with Gasteiger partial charge >= 0.3 is 0 Å². The van der Waals surface area contributed by atoms with E-state index in [1.807, 2.05) is 24.3 Å². The van der Waals surface area contributed by atoms with Gasteiger partial charge in [-0.25, -0.2) is 0 Å². The Balaban J connectivity index is 2.50. The Kier molecular flexibility index (Phi) is 4.37. The standard InChI is InChI=1S/C15H13BrCl2/c1-9-8-13(16)10(2)7-12(9)15(18)11-5-3-4-6-14(11)17/h3-8,15H,1-2H3. The van der Waals surface area contributed by atoms with Crippen molar-refractivity contribution in [3.63, 3.8) is 0 Å². The molecule has 0 nitrogen and oxygen atoms in total. The lowest BCUT2D eigenvalue weighted by Crippen LogP contribution is -1.98. The van der Waals surface area contributed by atoms with Crippen molar-refractivity contribution in [2.75, 3.05) is 0 Å². The molecule has 1 unspecified atom stereocenters. The number of rotatable bonds is 2. The minimum atomic E-state index is -0.217. The summed E-state index contributed by atoms with van der Waals surface area (Å²) in [6.45, 7) is 4.12. The molecule has 0 heterocycles. The van der Waals surface area contributed by atoms with Crippen molar-refractivity contribution in [3.05, 3.63) is 68.1 Å². The summed E-state index contributed by atoms with van der Waals surface area (Å²) in [5.41, 5.74) is 4.39. The molecule has 18 heavy (non-hydrogen) atoms. The fourth-order valence-corrected chi connectivity index (χ4v) is 3.11. The van der Waals surface area contributed by atoms with E-state index in [9.17, 15) is 0 Å². The second kappa shape index (κ2) is 5.64. The molecule has 1 atom stereocenters. The molecule has 0 fully saturated rings. The maximum Gasteiger partial charge on any atom is 0.0852 e. The quantitative estimate of drug-likeness (QED) is 0.582. The van der Waals surface area contributed by atoms with Crippen LogP contribution in [0.25, 0.3) is 0 Å². The molecule has 0 aliphatic heterocycles. The summed E-state index contributed by atoms with van der Waals surface area (Å²) in [6.07, 6.45) is 0. The van der Waals surface area contributed by atoms with Crippen molar-refractivity contribution >= 4 is 39.1 Å². The van der Waals surface area contributed by atoms with Crippen LogP contribution in [0.5, 0.6) is 0 Å². The zero-order valence-corrected chi connectivity index (χ0v) is 13.3. The van der Waals surface area contributed by atoms with Gasteiger partial charge in [0.1, 0.15) is 0 Å². The first kappa shape index (κ1) is 13.9. The number of halogens is 3. The average Bonchev–Trinajstić information content (AvgIpc) is 2.33. The van der Waals surface area contributed by atoms with Gasteiger partial charge in [0, 0.05) is 9.50 Å². The highest BCUT2D eigenvalue weighted by Crippen LogP contribution is 2.36. The summed E-state index contributed by atoms with van der Waals surface area (Å²) in [5, 5.41) is 0.489. The average molecular weight is 344 g/mol. The highest BCUT2D eigenvalue weighted by Gasteiger charge is 2.16. The molecule has 2 rings (SSSR count). The van der Waals surface area contributed by atoms with E-state index in [1.165, 1.54) is 5.56 Å². The summed E-state index contributed by atoms with van der Waals surface area (Å²) in [7, 11) is 0. The van der Waals surface area contributed by atoms with Gasteiger partial charge in [-0.2, -0.15) is 0 Å². The largest absolute Gasteiger partial charge is 0.113 e. The molecule has 0 aliphatic carbocycles. The molecule has 0 radical (unpaired) electrons. The van der Waals surface area contributed by atoms with Gasteiger partial charge in [-0.15, -0.1) is 11.6 Å². The fourth-order valence-electron chi connectivity index (χ4n) is 1.92. The lowest BCUT2D eigenvalue weighted by atomic mass is 9.98. The number of hydrogen-bond acceptors (Lipinski definition) is 0. The van der Waals surface area contributed by atoms with Gasteiger partial charge in [-0.05, 0) is 48.2 Å².